The summed E-state index contributed by atoms with van der Waals surface area (Å²) in [5.74, 6) is 2.95. The van der Waals surface area contributed by atoms with Gasteiger partial charge in [-0.25, -0.2) is 0 Å². The highest BCUT2D eigenvalue weighted by atomic mass is 32.2. The number of β-amino-alcohol motifs (C(OH)–C–C–N with tert-alkyl or cyclic N) is 1. The Hall–Kier alpha value is -1.28. The van der Waals surface area contributed by atoms with Crippen LogP contribution < -0.4 is 10.5 Å². The number of aliphatic hydroxyl groups is 1. The normalized spacial score (nSPS) is 21.1. The third kappa shape index (κ3) is 6.38. The second-order valence-electron chi connectivity index (χ2n) is 7.44. The summed E-state index contributed by atoms with van der Waals surface area (Å²) in [4.78, 5) is 16.0. The molecule has 2 aliphatic rings. The molecule has 1 atom stereocenters. The fraction of sp³-hybridized carbons (Fsp3) is 0.650. The minimum Gasteiger partial charge on any atom is -0.491 e. The molecule has 2 heterocycles. The number of hydrogen-bond acceptors (Lipinski definition) is 6. The van der Waals surface area contributed by atoms with Gasteiger partial charge in [-0.05, 0) is 32.0 Å². The zero-order valence-electron chi connectivity index (χ0n) is 15.9. The molecule has 0 spiro atoms. The Bertz CT molecular complexity index is 602. The monoisotopic (exact) mass is 393 g/mol. The van der Waals surface area contributed by atoms with Crippen molar-refractivity contribution < 1.29 is 14.6 Å². The second-order valence-corrected chi connectivity index (χ2v) is 8.66. The summed E-state index contributed by atoms with van der Waals surface area (Å²) < 4.78 is 5.96. The average Bonchev–Trinajstić information content (AvgIpc) is 2.68. The van der Waals surface area contributed by atoms with Crippen molar-refractivity contribution in [1.29, 1.82) is 0 Å². The lowest BCUT2D eigenvalue weighted by Crippen LogP contribution is -2.40. The molecule has 1 amide bonds. The van der Waals surface area contributed by atoms with E-state index < -0.39 is 6.10 Å². The summed E-state index contributed by atoms with van der Waals surface area (Å²) in [6, 6.07) is 8.02. The zero-order chi connectivity index (χ0) is 19.1. The van der Waals surface area contributed by atoms with E-state index in [4.69, 9.17) is 10.5 Å². The Labute approximate surface area is 166 Å². The predicted octanol–water partition coefficient (Wildman–Crippen LogP) is 1.17. The maximum Gasteiger partial charge on any atom is 0.220 e. The summed E-state index contributed by atoms with van der Waals surface area (Å²) in [5.41, 5.74) is 6.54. The molecule has 2 saturated heterocycles. The van der Waals surface area contributed by atoms with Crippen molar-refractivity contribution in [2.45, 2.75) is 25.5 Å². The number of benzene rings is 1. The highest BCUT2D eigenvalue weighted by Gasteiger charge is 2.23. The molecule has 2 fully saturated rings. The molecule has 2 aliphatic heterocycles. The molecule has 27 heavy (non-hydrogen) atoms. The number of piperidine rings is 1. The molecule has 1 aromatic rings. The summed E-state index contributed by atoms with van der Waals surface area (Å²) in [7, 11) is 0. The maximum atomic E-state index is 11.3. The molecule has 0 bridgehead atoms. The van der Waals surface area contributed by atoms with Gasteiger partial charge < -0.3 is 15.6 Å². The number of nitrogens with two attached hydrogens (primary N) is 1. The molecule has 7 heteroatoms. The van der Waals surface area contributed by atoms with E-state index in [1.54, 1.807) is 0 Å². The topological polar surface area (TPSA) is 79.0 Å². The third-order valence-electron chi connectivity index (χ3n) is 5.36. The van der Waals surface area contributed by atoms with Crippen molar-refractivity contribution in [2.75, 3.05) is 50.8 Å². The molecule has 150 valence electrons. The van der Waals surface area contributed by atoms with Gasteiger partial charge in [-0.2, -0.15) is 11.8 Å². The lowest BCUT2D eigenvalue weighted by atomic mass is 9.96. The number of aliphatic hydroxyl groups excluding tert-OH is 1. The van der Waals surface area contributed by atoms with Crippen LogP contribution in [0.25, 0.3) is 0 Å². The van der Waals surface area contributed by atoms with Gasteiger partial charge in [0.1, 0.15) is 18.5 Å². The molecule has 3 N–H and O–H groups in total. The zero-order valence-corrected chi connectivity index (χ0v) is 16.7. The van der Waals surface area contributed by atoms with Crippen molar-refractivity contribution in [2.24, 2.45) is 11.7 Å². The van der Waals surface area contributed by atoms with Crippen LogP contribution in [0.3, 0.4) is 0 Å². The molecule has 3 rings (SSSR count). The van der Waals surface area contributed by atoms with Gasteiger partial charge in [-0.1, -0.05) is 18.2 Å². The second kappa shape index (κ2) is 10.3. The first kappa shape index (κ1) is 20.5. The van der Waals surface area contributed by atoms with Crippen molar-refractivity contribution in [3.05, 3.63) is 29.8 Å². The van der Waals surface area contributed by atoms with E-state index in [1.807, 2.05) is 30.0 Å². The van der Waals surface area contributed by atoms with E-state index in [2.05, 4.69) is 15.9 Å². The summed E-state index contributed by atoms with van der Waals surface area (Å²) in [5, 5.41) is 10.3. The number of thioether (sulfide) groups is 1. The number of rotatable bonds is 8. The van der Waals surface area contributed by atoms with Gasteiger partial charge in [0.2, 0.25) is 5.91 Å². The molecular weight excluding hydrogens is 362 g/mol. The summed E-state index contributed by atoms with van der Waals surface area (Å²) in [6.07, 6.45) is 1.17. The Balaban J connectivity index is 1.48. The number of carbonyl (C=O) groups is 1. The van der Waals surface area contributed by atoms with Crippen LogP contribution in [0, 0.1) is 5.92 Å². The number of hydrogen-bond donors (Lipinski definition) is 2. The van der Waals surface area contributed by atoms with Crippen molar-refractivity contribution in [3.8, 4) is 5.75 Å². The first-order valence-electron chi connectivity index (χ1n) is 9.82. The summed E-state index contributed by atoms with van der Waals surface area (Å²) >= 11 is 1.97. The van der Waals surface area contributed by atoms with Gasteiger partial charge in [0.25, 0.3) is 0 Å². The van der Waals surface area contributed by atoms with Crippen LogP contribution in [0.1, 0.15) is 18.4 Å². The molecule has 0 aromatic heterocycles. The van der Waals surface area contributed by atoms with E-state index in [1.165, 1.54) is 0 Å². The smallest absolute Gasteiger partial charge is 0.220 e. The van der Waals surface area contributed by atoms with Crippen LogP contribution in [0.2, 0.25) is 0 Å². The molecule has 1 aromatic carbocycles. The first-order chi connectivity index (χ1) is 13.1. The summed E-state index contributed by atoms with van der Waals surface area (Å²) in [6.45, 7) is 5.60. The van der Waals surface area contributed by atoms with Crippen molar-refractivity contribution in [3.63, 3.8) is 0 Å². The largest absolute Gasteiger partial charge is 0.491 e. The minimum absolute atomic E-state index is 0.0103. The van der Waals surface area contributed by atoms with Gasteiger partial charge in [0.05, 0.1) is 0 Å². The Morgan fingerprint density at radius 3 is 2.59 bits per heavy atom. The van der Waals surface area contributed by atoms with E-state index in [0.717, 1.165) is 68.4 Å². The number of primary amides is 1. The van der Waals surface area contributed by atoms with Gasteiger partial charge in [0.15, 0.2) is 0 Å². The van der Waals surface area contributed by atoms with Crippen LogP contribution in [0.15, 0.2) is 24.3 Å². The lowest BCUT2D eigenvalue weighted by Gasteiger charge is -2.31. The Morgan fingerprint density at radius 1 is 1.19 bits per heavy atom. The molecule has 0 unspecified atom stereocenters. The molecule has 0 aliphatic carbocycles. The van der Waals surface area contributed by atoms with E-state index in [9.17, 15) is 9.90 Å². The fourth-order valence-electron chi connectivity index (χ4n) is 3.71. The quantitative estimate of drug-likeness (QED) is 0.690. The third-order valence-corrected chi connectivity index (χ3v) is 6.30. The molecular formula is C20H31N3O3S. The molecule has 0 saturated carbocycles. The van der Waals surface area contributed by atoms with Crippen LogP contribution >= 0.6 is 11.8 Å². The van der Waals surface area contributed by atoms with E-state index >= 15 is 0 Å². The van der Waals surface area contributed by atoms with Gasteiger partial charge in [-0.15, -0.1) is 0 Å². The van der Waals surface area contributed by atoms with Crippen LogP contribution in [0.4, 0.5) is 0 Å². The van der Waals surface area contributed by atoms with E-state index in [-0.39, 0.29) is 11.8 Å². The number of carbonyl (C=O) groups excluding carboxylic acids is 1. The SMILES string of the molecule is NC(=O)C1CCN(Cc2ccccc2OC[C@@H](O)CN2CCSCC2)CC1. The standard InChI is InChI=1S/C20H31N3O3S/c21-20(25)16-5-7-22(8-6-16)13-17-3-1-2-4-19(17)26-15-18(24)14-23-9-11-27-12-10-23/h1-4,16,18,24H,5-15H2,(H2,21,25)/t18-/m0/s1. The number of ether oxygens (including phenoxy) is 1. The van der Waals surface area contributed by atoms with Crippen molar-refractivity contribution in [1.82, 2.24) is 9.80 Å². The van der Waals surface area contributed by atoms with Gasteiger partial charge in [-0.3, -0.25) is 14.6 Å². The number of para-hydroxylation sites is 1. The number of likely N-dealkylation sites (tertiary alicyclic amines) is 1. The average molecular weight is 394 g/mol. The highest BCUT2D eigenvalue weighted by Crippen LogP contribution is 2.24. The first-order valence-corrected chi connectivity index (χ1v) is 11.0. The predicted molar refractivity (Wildman–Crippen MR) is 109 cm³/mol. The lowest BCUT2D eigenvalue weighted by molar-refractivity contribution is -0.123. The van der Waals surface area contributed by atoms with Crippen LogP contribution in [0.5, 0.6) is 5.75 Å². The van der Waals surface area contributed by atoms with E-state index in [0.29, 0.717) is 13.2 Å². The molecule has 6 nitrogen and oxygen atoms in total. The minimum atomic E-state index is -0.479. The fourth-order valence-corrected chi connectivity index (χ4v) is 4.69. The van der Waals surface area contributed by atoms with Crippen LogP contribution in [-0.2, 0) is 11.3 Å². The van der Waals surface area contributed by atoms with Gasteiger partial charge in [0, 0.05) is 49.2 Å². The van der Waals surface area contributed by atoms with Crippen molar-refractivity contribution >= 4 is 17.7 Å². The number of nitrogens with zero attached hydrogens (tertiary/aromatic N) is 2. The Kier molecular flexibility index (Phi) is 7.81. The highest BCUT2D eigenvalue weighted by molar-refractivity contribution is 7.99. The maximum absolute atomic E-state index is 11.3. The van der Waals surface area contributed by atoms with Gasteiger partial charge >= 0.3 is 0 Å². The van der Waals surface area contributed by atoms with Crippen LogP contribution in [-0.4, -0.2) is 77.8 Å². The number of amides is 1. The Morgan fingerprint density at radius 2 is 1.89 bits per heavy atom. The molecule has 0 radical (unpaired) electrons.